The molecule has 1 fully saturated rings. The summed E-state index contributed by atoms with van der Waals surface area (Å²) in [5.41, 5.74) is 1.10. The van der Waals surface area contributed by atoms with Crippen molar-refractivity contribution < 1.29 is 18.7 Å². The number of nitrogens with zero attached hydrogens (tertiary/aromatic N) is 3. The minimum Gasteiger partial charge on any atom is -0.484 e. The minimum absolute atomic E-state index is 0.0522. The molecule has 2 aromatic heterocycles. The zero-order valence-corrected chi connectivity index (χ0v) is 16.4. The molecule has 1 N–H and O–H groups in total. The second-order valence-corrected chi connectivity index (χ2v) is 7.91. The van der Waals surface area contributed by atoms with Crippen LogP contribution in [0.2, 0.25) is 0 Å². The van der Waals surface area contributed by atoms with Gasteiger partial charge in [0, 0.05) is 31.6 Å². The quantitative estimate of drug-likeness (QED) is 0.723. The van der Waals surface area contributed by atoms with E-state index in [-0.39, 0.29) is 36.6 Å². The number of amides is 2. The number of hydrogen-bond donors (Lipinski definition) is 1. The van der Waals surface area contributed by atoms with Gasteiger partial charge in [-0.1, -0.05) is 0 Å². The van der Waals surface area contributed by atoms with E-state index in [4.69, 9.17) is 9.15 Å². The van der Waals surface area contributed by atoms with Crippen LogP contribution in [0.4, 0.5) is 0 Å². The van der Waals surface area contributed by atoms with Crippen LogP contribution in [-0.2, 0) is 11.4 Å². The Morgan fingerprint density at radius 3 is 3.14 bits per heavy atom. The molecule has 0 spiro atoms. The van der Waals surface area contributed by atoms with Crippen molar-refractivity contribution in [3.05, 3.63) is 41.1 Å². The first-order valence-electron chi connectivity index (χ1n) is 9.01. The highest BCUT2D eigenvalue weighted by molar-refractivity contribution is 7.18. The summed E-state index contributed by atoms with van der Waals surface area (Å²) >= 11 is 1.63. The van der Waals surface area contributed by atoms with Crippen LogP contribution in [0.5, 0.6) is 5.75 Å². The summed E-state index contributed by atoms with van der Waals surface area (Å²) in [5.74, 6) is 0.672. The molecule has 1 saturated heterocycles. The number of carbonyl (C=O) groups is 2. The Labute approximate surface area is 165 Å². The molecular formula is C19H20N4O4S. The summed E-state index contributed by atoms with van der Waals surface area (Å²) < 4.78 is 12.2. The van der Waals surface area contributed by atoms with Crippen molar-refractivity contribution in [2.45, 2.75) is 32.9 Å². The van der Waals surface area contributed by atoms with Crippen molar-refractivity contribution in [3.8, 4) is 5.75 Å². The topological polar surface area (TPSA) is 97.6 Å². The van der Waals surface area contributed by atoms with Crippen molar-refractivity contribution >= 4 is 33.4 Å². The molecule has 28 heavy (non-hydrogen) atoms. The van der Waals surface area contributed by atoms with Crippen LogP contribution >= 0.6 is 11.3 Å². The van der Waals surface area contributed by atoms with Gasteiger partial charge in [-0.15, -0.1) is 11.3 Å². The smallest absolute Gasteiger partial charge is 0.276 e. The second kappa shape index (κ2) is 7.59. The number of oxazole rings is 1. The van der Waals surface area contributed by atoms with Crippen LogP contribution in [0.15, 0.2) is 28.9 Å². The zero-order valence-electron chi connectivity index (χ0n) is 15.6. The van der Waals surface area contributed by atoms with Crippen LogP contribution in [0.25, 0.3) is 10.2 Å². The Bertz CT molecular complexity index is 1030. The van der Waals surface area contributed by atoms with Crippen molar-refractivity contribution in [3.63, 3.8) is 0 Å². The molecule has 1 atom stereocenters. The van der Waals surface area contributed by atoms with Crippen LogP contribution in [0.3, 0.4) is 0 Å². The molecule has 0 radical (unpaired) electrons. The molecule has 146 valence electrons. The van der Waals surface area contributed by atoms with Crippen molar-refractivity contribution in [1.82, 2.24) is 20.2 Å². The molecule has 0 aliphatic carbocycles. The van der Waals surface area contributed by atoms with E-state index in [9.17, 15) is 9.59 Å². The summed E-state index contributed by atoms with van der Waals surface area (Å²) in [6.45, 7) is 4.75. The summed E-state index contributed by atoms with van der Waals surface area (Å²) in [5, 5.41) is 3.79. The predicted octanol–water partition coefficient (Wildman–Crippen LogP) is 2.52. The summed E-state index contributed by atoms with van der Waals surface area (Å²) in [4.78, 5) is 34.6. The lowest BCUT2D eigenvalue weighted by atomic mass is 10.2. The van der Waals surface area contributed by atoms with Crippen LogP contribution < -0.4 is 10.1 Å². The molecule has 0 unspecified atom stereocenters. The average molecular weight is 400 g/mol. The van der Waals surface area contributed by atoms with Gasteiger partial charge in [-0.25, -0.2) is 9.97 Å². The van der Waals surface area contributed by atoms with Gasteiger partial charge >= 0.3 is 0 Å². The molecule has 0 saturated carbocycles. The Morgan fingerprint density at radius 2 is 2.29 bits per heavy atom. The highest BCUT2D eigenvalue weighted by Gasteiger charge is 2.27. The highest BCUT2D eigenvalue weighted by atomic mass is 32.1. The highest BCUT2D eigenvalue weighted by Crippen LogP contribution is 2.26. The predicted molar refractivity (Wildman–Crippen MR) is 103 cm³/mol. The van der Waals surface area contributed by atoms with Crippen molar-refractivity contribution in [1.29, 1.82) is 0 Å². The molecule has 3 heterocycles. The van der Waals surface area contributed by atoms with E-state index >= 15 is 0 Å². The number of rotatable bonds is 4. The number of thiazole rings is 1. The zero-order chi connectivity index (χ0) is 19.7. The number of aryl methyl sites for hydroxylation is 1. The fourth-order valence-electron chi connectivity index (χ4n) is 3.08. The third-order valence-electron chi connectivity index (χ3n) is 4.57. The van der Waals surface area contributed by atoms with Gasteiger partial charge in [0.1, 0.15) is 12.0 Å². The molecule has 8 nitrogen and oxygen atoms in total. The fourth-order valence-corrected chi connectivity index (χ4v) is 3.89. The minimum atomic E-state index is -0.252. The van der Waals surface area contributed by atoms with Gasteiger partial charge in [-0.05, 0) is 26.0 Å². The average Bonchev–Trinajstić information content (AvgIpc) is 3.25. The number of benzene rings is 1. The summed E-state index contributed by atoms with van der Waals surface area (Å²) in [7, 11) is 0. The number of ether oxygens (including phenoxy) is 1. The molecule has 9 heteroatoms. The Morgan fingerprint density at radius 1 is 1.43 bits per heavy atom. The third kappa shape index (κ3) is 3.84. The maximum absolute atomic E-state index is 12.7. The fraction of sp³-hybridized carbons (Fsp3) is 0.368. The van der Waals surface area contributed by atoms with Gasteiger partial charge in [-0.3, -0.25) is 9.59 Å². The molecule has 4 rings (SSSR count). The number of aromatic nitrogens is 2. The van der Waals surface area contributed by atoms with E-state index in [1.165, 1.54) is 6.26 Å². The standard InChI is InChI=1S/C19H20N4O4S/c1-11-8-20-17(24)5-6-23(11)19(25)15-9-27-18(22-15)10-26-13-3-4-16-14(7-13)21-12(2)28-16/h3-4,7,9,11H,5-6,8,10H2,1-2H3,(H,20,24)/t11-/m0/s1. The summed E-state index contributed by atoms with van der Waals surface area (Å²) in [6, 6.07) is 5.61. The molecule has 1 aliphatic rings. The maximum atomic E-state index is 12.7. The van der Waals surface area contributed by atoms with Crippen LogP contribution in [0, 0.1) is 6.92 Å². The molecular weight excluding hydrogens is 380 g/mol. The van der Waals surface area contributed by atoms with Gasteiger partial charge in [0.15, 0.2) is 12.3 Å². The molecule has 2 amide bonds. The third-order valence-corrected chi connectivity index (χ3v) is 5.52. The normalized spacial score (nSPS) is 17.4. The first-order valence-corrected chi connectivity index (χ1v) is 9.83. The number of fused-ring (bicyclic) bond motifs is 1. The first kappa shape index (κ1) is 18.4. The first-order chi connectivity index (χ1) is 13.5. The largest absolute Gasteiger partial charge is 0.484 e. The lowest BCUT2D eigenvalue weighted by Gasteiger charge is -2.25. The SMILES string of the molecule is Cc1nc2cc(OCc3nc(C(=O)N4CCC(=O)NC[C@@H]4C)co3)ccc2s1. The molecule has 1 aromatic carbocycles. The van der Waals surface area contributed by atoms with Gasteiger partial charge in [-0.2, -0.15) is 0 Å². The van der Waals surface area contributed by atoms with Crippen molar-refractivity contribution in [2.24, 2.45) is 0 Å². The molecule has 3 aromatic rings. The maximum Gasteiger partial charge on any atom is 0.276 e. The van der Waals surface area contributed by atoms with E-state index in [0.717, 1.165) is 15.2 Å². The van der Waals surface area contributed by atoms with E-state index in [1.807, 2.05) is 32.0 Å². The van der Waals surface area contributed by atoms with E-state index in [0.29, 0.717) is 24.7 Å². The Hall–Kier alpha value is -2.94. The molecule has 1 aliphatic heterocycles. The van der Waals surface area contributed by atoms with Gasteiger partial charge in [0.2, 0.25) is 11.8 Å². The number of carbonyl (C=O) groups excluding carboxylic acids is 2. The Kier molecular flexibility index (Phi) is 4.99. The Balaban J connectivity index is 1.41. The number of hydrogen-bond acceptors (Lipinski definition) is 7. The van der Waals surface area contributed by atoms with Gasteiger partial charge in [0.05, 0.1) is 15.2 Å². The summed E-state index contributed by atoms with van der Waals surface area (Å²) in [6.07, 6.45) is 1.61. The lowest BCUT2D eigenvalue weighted by Crippen LogP contribution is -2.42. The lowest BCUT2D eigenvalue weighted by molar-refractivity contribution is -0.120. The van der Waals surface area contributed by atoms with Gasteiger partial charge in [0.25, 0.3) is 5.91 Å². The van der Waals surface area contributed by atoms with E-state index < -0.39 is 0 Å². The molecule has 0 bridgehead atoms. The van der Waals surface area contributed by atoms with Gasteiger partial charge < -0.3 is 19.4 Å². The second-order valence-electron chi connectivity index (χ2n) is 6.68. The monoisotopic (exact) mass is 400 g/mol. The van der Waals surface area contributed by atoms with Crippen molar-refractivity contribution in [2.75, 3.05) is 13.1 Å². The number of nitrogens with one attached hydrogen (secondary N) is 1. The van der Waals surface area contributed by atoms with E-state index in [2.05, 4.69) is 15.3 Å². The van der Waals surface area contributed by atoms with Crippen LogP contribution in [-0.4, -0.2) is 45.8 Å². The van der Waals surface area contributed by atoms with Crippen LogP contribution in [0.1, 0.15) is 34.7 Å². The van der Waals surface area contributed by atoms with E-state index in [1.54, 1.807) is 16.2 Å².